The van der Waals surface area contributed by atoms with Crippen LogP contribution in [0, 0.1) is 5.41 Å². The Morgan fingerprint density at radius 2 is 2.05 bits per heavy atom. The molecule has 6 heteroatoms. The van der Waals surface area contributed by atoms with Crippen molar-refractivity contribution in [3.63, 3.8) is 0 Å². The Balaban J connectivity index is 2.52. The summed E-state index contributed by atoms with van der Waals surface area (Å²) >= 11 is 1.65. The summed E-state index contributed by atoms with van der Waals surface area (Å²) in [7, 11) is 0. The van der Waals surface area contributed by atoms with Gasteiger partial charge in [0.25, 0.3) is 0 Å². The zero-order valence-electron chi connectivity index (χ0n) is 13.9. The Morgan fingerprint density at radius 3 is 2.62 bits per heavy atom. The summed E-state index contributed by atoms with van der Waals surface area (Å²) < 4.78 is 0. The first kappa shape index (κ1) is 18.3. The standard InChI is InChI=1S/C15H29N3O2S/c1-6-16-11(2)8-17-14(20)12-9-21-10-18(12)13(19)7-15(3,4)5/h11-12,16H,6-10H2,1-5H3,(H,17,20)/t11-,12?/m1/s1. The van der Waals surface area contributed by atoms with Crippen LogP contribution in [0.15, 0.2) is 0 Å². The van der Waals surface area contributed by atoms with Gasteiger partial charge >= 0.3 is 0 Å². The Bertz CT molecular complexity index is 368. The highest BCUT2D eigenvalue weighted by atomic mass is 32.2. The van der Waals surface area contributed by atoms with Gasteiger partial charge in [-0.2, -0.15) is 0 Å². The molecular formula is C15H29N3O2S. The summed E-state index contributed by atoms with van der Waals surface area (Å²) in [5, 5.41) is 6.20. The monoisotopic (exact) mass is 315 g/mol. The van der Waals surface area contributed by atoms with E-state index in [2.05, 4.69) is 10.6 Å². The Labute approximate surface area is 132 Å². The maximum atomic E-state index is 12.3. The van der Waals surface area contributed by atoms with E-state index in [1.54, 1.807) is 16.7 Å². The summed E-state index contributed by atoms with van der Waals surface area (Å²) in [6.45, 7) is 11.7. The molecule has 1 rings (SSSR count). The molecule has 0 spiro atoms. The van der Waals surface area contributed by atoms with Crippen molar-refractivity contribution in [3.05, 3.63) is 0 Å². The highest BCUT2D eigenvalue weighted by molar-refractivity contribution is 7.99. The van der Waals surface area contributed by atoms with E-state index in [1.807, 2.05) is 34.6 Å². The lowest BCUT2D eigenvalue weighted by Gasteiger charge is -2.27. The van der Waals surface area contributed by atoms with Gasteiger partial charge in [0.05, 0.1) is 5.88 Å². The van der Waals surface area contributed by atoms with Crippen molar-refractivity contribution < 1.29 is 9.59 Å². The smallest absolute Gasteiger partial charge is 0.243 e. The molecule has 0 aromatic carbocycles. The molecule has 0 aromatic rings. The molecule has 2 amide bonds. The molecule has 1 aliphatic rings. The van der Waals surface area contributed by atoms with Crippen LogP contribution in [0.1, 0.15) is 41.0 Å². The number of hydrogen-bond donors (Lipinski definition) is 2. The van der Waals surface area contributed by atoms with E-state index >= 15 is 0 Å². The van der Waals surface area contributed by atoms with Crippen molar-refractivity contribution in [1.82, 2.24) is 15.5 Å². The zero-order chi connectivity index (χ0) is 16.0. The number of likely N-dealkylation sites (N-methyl/N-ethyl adjacent to an activating group) is 1. The van der Waals surface area contributed by atoms with Crippen molar-refractivity contribution in [2.45, 2.75) is 53.1 Å². The second-order valence-electron chi connectivity index (χ2n) is 6.82. The molecule has 0 saturated carbocycles. The van der Waals surface area contributed by atoms with Gasteiger partial charge in [-0.15, -0.1) is 11.8 Å². The van der Waals surface area contributed by atoms with Gasteiger partial charge < -0.3 is 15.5 Å². The predicted molar refractivity (Wildman–Crippen MR) is 88.2 cm³/mol. The van der Waals surface area contributed by atoms with E-state index in [0.717, 1.165) is 6.54 Å². The van der Waals surface area contributed by atoms with E-state index in [4.69, 9.17) is 0 Å². The van der Waals surface area contributed by atoms with E-state index in [1.165, 1.54) is 0 Å². The maximum Gasteiger partial charge on any atom is 0.243 e. The molecule has 1 saturated heterocycles. The summed E-state index contributed by atoms with van der Waals surface area (Å²) in [6, 6.07) is -0.0783. The third kappa shape index (κ3) is 6.26. The fourth-order valence-electron chi connectivity index (χ4n) is 2.25. The lowest BCUT2D eigenvalue weighted by atomic mass is 9.91. The number of rotatable bonds is 6. The number of nitrogens with one attached hydrogen (secondary N) is 2. The molecule has 2 N–H and O–H groups in total. The fourth-order valence-corrected chi connectivity index (χ4v) is 3.43. The van der Waals surface area contributed by atoms with Gasteiger partial charge in [-0.05, 0) is 18.9 Å². The van der Waals surface area contributed by atoms with Gasteiger partial charge in [0.2, 0.25) is 11.8 Å². The van der Waals surface area contributed by atoms with E-state index < -0.39 is 0 Å². The van der Waals surface area contributed by atoms with Crippen LogP contribution < -0.4 is 10.6 Å². The number of carbonyl (C=O) groups excluding carboxylic acids is 2. The van der Waals surface area contributed by atoms with Crippen molar-refractivity contribution in [2.24, 2.45) is 5.41 Å². The molecule has 21 heavy (non-hydrogen) atoms. The minimum atomic E-state index is -0.321. The zero-order valence-corrected chi connectivity index (χ0v) is 14.7. The van der Waals surface area contributed by atoms with Gasteiger partial charge in [-0.3, -0.25) is 9.59 Å². The summed E-state index contributed by atoms with van der Waals surface area (Å²) in [5.74, 6) is 1.35. The van der Waals surface area contributed by atoms with Crippen molar-refractivity contribution in [3.8, 4) is 0 Å². The van der Waals surface area contributed by atoms with Crippen LogP contribution in [0.5, 0.6) is 0 Å². The molecular weight excluding hydrogens is 286 g/mol. The SMILES string of the molecule is CCN[C@H](C)CNC(=O)C1CSCN1C(=O)CC(C)(C)C. The first-order chi connectivity index (χ1) is 9.74. The van der Waals surface area contributed by atoms with Crippen LogP contribution in [-0.2, 0) is 9.59 Å². The first-order valence-electron chi connectivity index (χ1n) is 7.63. The topological polar surface area (TPSA) is 61.4 Å². The average molecular weight is 315 g/mol. The van der Waals surface area contributed by atoms with Gasteiger partial charge in [0.1, 0.15) is 6.04 Å². The number of hydrogen-bond acceptors (Lipinski definition) is 4. The normalized spacial score (nSPS) is 20.4. The molecule has 0 aliphatic carbocycles. The van der Waals surface area contributed by atoms with Gasteiger partial charge in [-0.1, -0.05) is 27.7 Å². The van der Waals surface area contributed by atoms with Crippen molar-refractivity contribution in [1.29, 1.82) is 0 Å². The lowest BCUT2D eigenvalue weighted by Crippen LogP contribution is -2.50. The third-order valence-electron chi connectivity index (χ3n) is 3.32. The molecule has 1 unspecified atom stereocenters. The van der Waals surface area contributed by atoms with E-state index in [-0.39, 0.29) is 29.3 Å². The van der Waals surface area contributed by atoms with Crippen LogP contribution in [-0.4, -0.2) is 53.5 Å². The lowest BCUT2D eigenvalue weighted by molar-refractivity contribution is -0.139. The second-order valence-corrected chi connectivity index (χ2v) is 7.82. The van der Waals surface area contributed by atoms with Crippen LogP contribution in [0.3, 0.4) is 0 Å². The predicted octanol–water partition coefficient (Wildman–Crippen LogP) is 1.44. The molecule has 0 radical (unpaired) electrons. The van der Waals surface area contributed by atoms with Gasteiger partial charge in [0.15, 0.2) is 0 Å². The molecule has 5 nitrogen and oxygen atoms in total. The van der Waals surface area contributed by atoms with Crippen molar-refractivity contribution in [2.75, 3.05) is 24.7 Å². The molecule has 0 aromatic heterocycles. The van der Waals surface area contributed by atoms with Crippen LogP contribution in [0.4, 0.5) is 0 Å². The van der Waals surface area contributed by atoms with Crippen molar-refractivity contribution >= 4 is 23.6 Å². The Kier molecular flexibility index (Phi) is 7.00. The molecule has 1 fully saturated rings. The minimum absolute atomic E-state index is 0.0352. The summed E-state index contributed by atoms with van der Waals surface area (Å²) in [6.07, 6.45) is 0.477. The highest BCUT2D eigenvalue weighted by Gasteiger charge is 2.35. The quantitative estimate of drug-likeness (QED) is 0.778. The fraction of sp³-hybridized carbons (Fsp3) is 0.867. The average Bonchev–Trinajstić information content (AvgIpc) is 2.83. The number of thioether (sulfide) groups is 1. The molecule has 122 valence electrons. The maximum absolute atomic E-state index is 12.3. The Morgan fingerprint density at radius 1 is 1.38 bits per heavy atom. The number of amides is 2. The second kappa shape index (κ2) is 8.03. The number of nitrogens with zero attached hydrogens (tertiary/aromatic N) is 1. The van der Waals surface area contributed by atoms with E-state index in [9.17, 15) is 9.59 Å². The van der Waals surface area contributed by atoms with Gasteiger partial charge in [0, 0.05) is 24.8 Å². The highest BCUT2D eigenvalue weighted by Crippen LogP contribution is 2.26. The van der Waals surface area contributed by atoms with Crippen LogP contribution in [0.25, 0.3) is 0 Å². The first-order valence-corrected chi connectivity index (χ1v) is 8.78. The van der Waals surface area contributed by atoms with Crippen LogP contribution >= 0.6 is 11.8 Å². The molecule has 1 heterocycles. The largest absolute Gasteiger partial charge is 0.353 e. The van der Waals surface area contributed by atoms with Gasteiger partial charge in [-0.25, -0.2) is 0 Å². The van der Waals surface area contributed by atoms with E-state index in [0.29, 0.717) is 24.6 Å². The third-order valence-corrected chi connectivity index (χ3v) is 4.33. The van der Waals surface area contributed by atoms with Crippen LogP contribution in [0.2, 0.25) is 0 Å². The minimum Gasteiger partial charge on any atom is -0.353 e. The summed E-state index contributed by atoms with van der Waals surface area (Å²) in [4.78, 5) is 26.4. The molecule has 1 aliphatic heterocycles. The molecule has 0 bridgehead atoms. The summed E-state index contributed by atoms with van der Waals surface area (Å²) in [5.41, 5.74) is -0.0507. The molecule has 2 atom stereocenters. The Hall–Kier alpha value is -0.750. The number of carbonyl (C=O) groups is 2.